The average Bonchev–Trinajstić information content (AvgIpc) is 2.61. The molecule has 9 heteroatoms. The zero-order chi connectivity index (χ0) is 22.9. The highest BCUT2D eigenvalue weighted by Gasteiger charge is 2.19. The molecule has 1 atom stereocenters. The van der Waals surface area contributed by atoms with Gasteiger partial charge in [-0.1, -0.05) is 45.4 Å². The second-order valence-electron chi connectivity index (χ2n) is 7.96. The van der Waals surface area contributed by atoms with Gasteiger partial charge in [0.05, 0.1) is 9.79 Å². The third kappa shape index (κ3) is 5.68. The van der Waals surface area contributed by atoms with E-state index < -0.39 is 25.8 Å². The number of rotatable bonds is 5. The Hall–Kier alpha value is -2.23. The third-order valence-corrected chi connectivity index (χ3v) is 7.14. The zero-order valence-corrected chi connectivity index (χ0v) is 19.7. The summed E-state index contributed by atoms with van der Waals surface area (Å²) in [6.45, 7) is 10.1. The molecule has 7 nitrogen and oxygen atoms in total. The molecule has 164 valence electrons. The quantitative estimate of drug-likeness (QED) is 0.691. The fourth-order valence-corrected chi connectivity index (χ4v) is 4.64. The van der Waals surface area contributed by atoms with E-state index in [1.54, 1.807) is 0 Å². The predicted molar refractivity (Wildman–Crippen MR) is 121 cm³/mol. The Kier molecular flexibility index (Phi) is 7.11. The average molecular weight is 452 g/mol. The fourth-order valence-electron chi connectivity index (χ4n) is 3.09. The normalized spacial score (nSPS) is 13.9. The van der Waals surface area contributed by atoms with Crippen molar-refractivity contribution in [2.75, 3.05) is 11.6 Å². The van der Waals surface area contributed by atoms with Gasteiger partial charge in [0.2, 0.25) is 0 Å². The summed E-state index contributed by atoms with van der Waals surface area (Å²) in [6.07, 6.45) is 1.07. The van der Waals surface area contributed by atoms with E-state index in [0.717, 1.165) is 22.9 Å². The molecule has 0 fully saturated rings. The van der Waals surface area contributed by atoms with Crippen LogP contribution in [0.2, 0.25) is 0 Å². The molecule has 0 bridgehead atoms. The van der Waals surface area contributed by atoms with Crippen LogP contribution in [0.3, 0.4) is 0 Å². The summed E-state index contributed by atoms with van der Waals surface area (Å²) in [6, 6.07) is 8.39. The maximum Gasteiger partial charge on any atom is 0.354 e. The molecule has 2 aromatic carbocycles. The molecule has 0 aromatic heterocycles. The van der Waals surface area contributed by atoms with Crippen molar-refractivity contribution in [2.45, 2.75) is 56.2 Å². The summed E-state index contributed by atoms with van der Waals surface area (Å²) in [5.41, 5.74) is 3.67. The Morgan fingerprint density at radius 1 is 0.933 bits per heavy atom. The van der Waals surface area contributed by atoms with E-state index in [-0.39, 0.29) is 21.6 Å². The molecule has 2 aromatic rings. The van der Waals surface area contributed by atoms with Crippen LogP contribution in [0.25, 0.3) is 0 Å². The van der Waals surface area contributed by atoms with Gasteiger partial charge in [-0.05, 0) is 54.2 Å². The van der Waals surface area contributed by atoms with E-state index >= 15 is 0 Å². The largest absolute Gasteiger partial charge is 0.354 e. The van der Waals surface area contributed by atoms with Crippen LogP contribution in [-0.2, 0) is 19.8 Å². The Bertz CT molecular complexity index is 1150. The summed E-state index contributed by atoms with van der Waals surface area (Å²) in [5, 5.41) is 8.59. The number of nitrogens with two attached hydrogens (primary N) is 1. The van der Waals surface area contributed by atoms with E-state index in [4.69, 9.17) is 5.14 Å². The SMILES string of the molecule is Cc1cc(C(C)C)c(NC(=O)N=S(N)(=O)c2ccc(S(C)(=O)=O)cc2)c(C(C)C)c1. The number of urea groups is 1. The molecule has 3 N–H and O–H groups in total. The standard InChI is InChI=1S/C21H29N3O4S2/c1-13(2)18-11-15(5)12-19(14(3)4)20(18)23-21(25)24-30(22,28)17-9-7-16(8-10-17)29(6,26)27/h7-14H,1-6H3,(H3,22,23,24,25,28). The minimum Gasteiger partial charge on any atom is -0.305 e. The highest BCUT2D eigenvalue weighted by Crippen LogP contribution is 2.34. The molecule has 0 aliphatic rings. The van der Waals surface area contributed by atoms with Crippen molar-refractivity contribution >= 4 is 31.5 Å². The zero-order valence-electron chi connectivity index (χ0n) is 18.1. The van der Waals surface area contributed by atoms with Gasteiger partial charge in [-0.25, -0.2) is 22.6 Å². The first-order valence-corrected chi connectivity index (χ1v) is 13.0. The molecule has 0 aliphatic heterocycles. The number of amides is 2. The Morgan fingerprint density at radius 2 is 1.37 bits per heavy atom. The first-order valence-electron chi connectivity index (χ1n) is 9.53. The third-order valence-electron chi connectivity index (χ3n) is 4.63. The minimum absolute atomic E-state index is 0.0636. The van der Waals surface area contributed by atoms with Gasteiger partial charge in [0.1, 0.15) is 9.92 Å². The Balaban J connectivity index is 2.45. The molecule has 0 spiro atoms. The maximum atomic E-state index is 12.8. The summed E-state index contributed by atoms with van der Waals surface area (Å²) in [7, 11) is -6.95. The summed E-state index contributed by atoms with van der Waals surface area (Å²) in [4.78, 5) is 12.8. The fraction of sp³-hybridized carbons (Fsp3) is 0.381. The number of benzene rings is 2. The number of hydrogen-bond donors (Lipinski definition) is 2. The van der Waals surface area contributed by atoms with Crippen LogP contribution >= 0.6 is 0 Å². The van der Waals surface area contributed by atoms with Crippen LogP contribution in [0.5, 0.6) is 0 Å². The van der Waals surface area contributed by atoms with Crippen molar-refractivity contribution in [2.24, 2.45) is 9.50 Å². The smallest absolute Gasteiger partial charge is 0.305 e. The lowest BCUT2D eigenvalue weighted by Crippen LogP contribution is -2.19. The highest BCUT2D eigenvalue weighted by atomic mass is 32.2. The van der Waals surface area contributed by atoms with E-state index in [1.807, 2.05) is 46.8 Å². The van der Waals surface area contributed by atoms with Crippen molar-refractivity contribution in [1.29, 1.82) is 0 Å². The summed E-state index contributed by atoms with van der Waals surface area (Å²) < 4.78 is 39.7. The van der Waals surface area contributed by atoms with E-state index in [1.165, 1.54) is 24.3 Å². The van der Waals surface area contributed by atoms with Crippen LogP contribution in [-0.4, -0.2) is 24.9 Å². The van der Waals surface area contributed by atoms with Crippen molar-refractivity contribution in [3.8, 4) is 0 Å². The Morgan fingerprint density at radius 3 is 1.77 bits per heavy atom. The topological polar surface area (TPSA) is 119 Å². The van der Waals surface area contributed by atoms with Gasteiger partial charge in [0, 0.05) is 11.9 Å². The summed E-state index contributed by atoms with van der Waals surface area (Å²) in [5.74, 6) is 0.312. The van der Waals surface area contributed by atoms with Crippen LogP contribution in [0.15, 0.2) is 50.6 Å². The van der Waals surface area contributed by atoms with Crippen molar-refractivity contribution < 1.29 is 17.4 Å². The van der Waals surface area contributed by atoms with Crippen LogP contribution in [0, 0.1) is 6.92 Å². The minimum atomic E-state index is -3.55. The predicted octanol–water partition coefficient (Wildman–Crippen LogP) is 4.58. The van der Waals surface area contributed by atoms with Crippen LogP contribution < -0.4 is 10.5 Å². The van der Waals surface area contributed by atoms with Gasteiger partial charge in [-0.15, -0.1) is 4.36 Å². The van der Waals surface area contributed by atoms with Gasteiger partial charge < -0.3 is 5.32 Å². The molecular formula is C21H29N3O4S2. The van der Waals surface area contributed by atoms with Crippen molar-refractivity contribution in [3.63, 3.8) is 0 Å². The monoisotopic (exact) mass is 451 g/mol. The molecule has 0 aliphatic carbocycles. The van der Waals surface area contributed by atoms with Crippen LogP contribution in [0.1, 0.15) is 56.2 Å². The number of hydrogen-bond acceptors (Lipinski definition) is 4. The molecule has 2 rings (SSSR count). The number of aryl methyl sites for hydroxylation is 1. The molecule has 0 saturated heterocycles. The first kappa shape index (κ1) is 24.0. The van der Waals surface area contributed by atoms with E-state index in [9.17, 15) is 17.4 Å². The molecule has 0 heterocycles. The second kappa shape index (κ2) is 8.87. The maximum absolute atomic E-state index is 12.8. The molecule has 0 radical (unpaired) electrons. The lowest BCUT2D eigenvalue weighted by atomic mass is 9.90. The lowest BCUT2D eigenvalue weighted by molar-refractivity contribution is 0.260. The molecular weight excluding hydrogens is 422 g/mol. The molecule has 30 heavy (non-hydrogen) atoms. The second-order valence-corrected chi connectivity index (χ2v) is 11.8. The molecule has 1 unspecified atom stereocenters. The van der Waals surface area contributed by atoms with E-state index in [0.29, 0.717) is 5.69 Å². The van der Waals surface area contributed by atoms with Gasteiger partial charge in [-0.2, -0.15) is 0 Å². The number of anilines is 1. The number of nitrogens with zero attached hydrogens (tertiary/aromatic N) is 1. The van der Waals surface area contributed by atoms with Crippen molar-refractivity contribution in [1.82, 2.24) is 0 Å². The number of carbonyl (C=O) groups is 1. The highest BCUT2D eigenvalue weighted by molar-refractivity contribution is 7.92. The Labute approximate surface area is 179 Å². The first-order chi connectivity index (χ1) is 13.7. The molecule has 0 saturated carbocycles. The van der Waals surface area contributed by atoms with Gasteiger partial charge in [0.15, 0.2) is 9.84 Å². The number of nitrogens with one attached hydrogen (secondary N) is 1. The van der Waals surface area contributed by atoms with Gasteiger partial charge in [0.25, 0.3) is 0 Å². The number of sulfone groups is 1. The molecule has 2 amide bonds. The number of carbonyl (C=O) groups excluding carboxylic acids is 1. The van der Waals surface area contributed by atoms with Crippen LogP contribution in [0.4, 0.5) is 10.5 Å². The van der Waals surface area contributed by atoms with Gasteiger partial charge in [-0.3, -0.25) is 0 Å². The van der Waals surface area contributed by atoms with E-state index in [2.05, 4.69) is 9.68 Å². The summed E-state index contributed by atoms with van der Waals surface area (Å²) >= 11 is 0. The van der Waals surface area contributed by atoms with Crippen molar-refractivity contribution in [3.05, 3.63) is 53.1 Å². The lowest BCUT2D eigenvalue weighted by Gasteiger charge is -2.20. The van der Waals surface area contributed by atoms with Gasteiger partial charge >= 0.3 is 6.03 Å².